The molecule has 0 aromatic heterocycles. The molecule has 2 aromatic rings. The molecule has 2 unspecified atom stereocenters. The maximum absolute atomic E-state index is 13.4. The molecule has 8 N–H and O–H groups in total. The number of hydrogen-bond acceptors (Lipinski definition) is 10. The highest BCUT2D eigenvalue weighted by molar-refractivity contribution is 7.99. The van der Waals surface area contributed by atoms with Gasteiger partial charge < -0.3 is 37.4 Å². The summed E-state index contributed by atoms with van der Waals surface area (Å²) >= 11 is 1.45. The van der Waals surface area contributed by atoms with Gasteiger partial charge in [0.15, 0.2) is 0 Å². The third kappa shape index (κ3) is 12.2. The summed E-state index contributed by atoms with van der Waals surface area (Å²) in [7, 11) is 0. The normalized spacial score (nSPS) is 18.7. The molecule has 0 aliphatic carbocycles. The monoisotopic (exact) mass is 685 g/mol. The molecule has 0 saturated carbocycles. The molecule has 3 rings (SSSR count). The maximum atomic E-state index is 13.4. The number of nitrogens with one attached hydrogen (secondary N) is 5. The quantitative estimate of drug-likeness (QED) is 0.124. The van der Waals surface area contributed by atoms with Crippen molar-refractivity contribution in [2.45, 2.75) is 69.7 Å². The Morgan fingerprint density at radius 1 is 1.10 bits per heavy atom. The van der Waals surface area contributed by atoms with E-state index in [0.717, 1.165) is 18.4 Å². The van der Waals surface area contributed by atoms with Crippen LogP contribution in [-0.4, -0.2) is 88.4 Å². The SMILES string of the molecule is C[C@@H](O)[C@H](NC(=O)C1CSCCCCCC(=O)NC(CCN)C(=O)N1)C(=O)Nc1cccc(C(=O)NCCc2ccc([N+](=O)[O-])cc2)c1. The first kappa shape index (κ1) is 37.9. The van der Waals surface area contributed by atoms with Crippen LogP contribution in [0.3, 0.4) is 0 Å². The van der Waals surface area contributed by atoms with Crippen LogP contribution in [0, 0.1) is 10.1 Å². The minimum absolute atomic E-state index is 0.0238. The summed E-state index contributed by atoms with van der Waals surface area (Å²) < 4.78 is 0. The van der Waals surface area contributed by atoms with Crippen LogP contribution in [0.2, 0.25) is 0 Å². The van der Waals surface area contributed by atoms with E-state index >= 15 is 0 Å². The molecule has 16 heteroatoms. The number of nitrogens with two attached hydrogens (primary N) is 1. The molecule has 1 aliphatic heterocycles. The fourth-order valence-electron chi connectivity index (χ4n) is 4.85. The van der Waals surface area contributed by atoms with Gasteiger partial charge in [-0.25, -0.2) is 0 Å². The zero-order valence-corrected chi connectivity index (χ0v) is 27.6. The van der Waals surface area contributed by atoms with E-state index in [-0.39, 0.29) is 54.5 Å². The average molecular weight is 686 g/mol. The third-order valence-corrected chi connectivity index (χ3v) is 8.66. The third-order valence-electron chi connectivity index (χ3n) is 7.52. The number of nitro benzene ring substituents is 1. The Hall–Kier alpha value is -4.54. The predicted molar refractivity (Wildman–Crippen MR) is 181 cm³/mol. The lowest BCUT2D eigenvalue weighted by Gasteiger charge is -2.26. The fourth-order valence-corrected chi connectivity index (χ4v) is 5.89. The molecule has 0 spiro atoms. The van der Waals surface area contributed by atoms with Crippen LogP contribution in [0.4, 0.5) is 11.4 Å². The Kier molecular flexibility index (Phi) is 15.3. The summed E-state index contributed by atoms with van der Waals surface area (Å²) in [6.45, 7) is 1.74. The summed E-state index contributed by atoms with van der Waals surface area (Å²) in [6.07, 6.45) is 1.90. The van der Waals surface area contributed by atoms with Gasteiger partial charge in [-0.05, 0) is 68.7 Å². The number of amides is 5. The number of aliphatic hydroxyl groups is 1. The number of hydrogen-bond donors (Lipinski definition) is 7. The van der Waals surface area contributed by atoms with Crippen LogP contribution >= 0.6 is 11.8 Å². The van der Waals surface area contributed by atoms with Gasteiger partial charge in [0.05, 0.1) is 11.0 Å². The topological polar surface area (TPSA) is 235 Å². The lowest BCUT2D eigenvalue weighted by atomic mass is 10.1. The molecule has 2 aromatic carbocycles. The van der Waals surface area contributed by atoms with Crippen molar-refractivity contribution in [2.24, 2.45) is 5.73 Å². The second-order valence-corrected chi connectivity index (χ2v) is 12.5. The molecular weight excluding hydrogens is 642 g/mol. The number of nitro groups is 1. The van der Waals surface area contributed by atoms with Gasteiger partial charge in [0.25, 0.3) is 11.6 Å². The molecule has 1 heterocycles. The zero-order chi connectivity index (χ0) is 35.1. The largest absolute Gasteiger partial charge is 0.391 e. The Labute approximate surface area is 282 Å². The molecule has 5 amide bonds. The highest BCUT2D eigenvalue weighted by atomic mass is 32.2. The van der Waals surface area contributed by atoms with E-state index in [1.165, 1.54) is 36.9 Å². The molecule has 4 atom stereocenters. The van der Waals surface area contributed by atoms with Gasteiger partial charge in [-0.15, -0.1) is 0 Å². The lowest BCUT2D eigenvalue weighted by molar-refractivity contribution is -0.384. The second kappa shape index (κ2) is 19.3. The number of non-ortho nitro benzene ring substituents is 1. The molecule has 48 heavy (non-hydrogen) atoms. The van der Waals surface area contributed by atoms with Crippen molar-refractivity contribution >= 4 is 52.7 Å². The summed E-state index contributed by atoms with van der Waals surface area (Å²) in [5.41, 5.74) is 6.93. The predicted octanol–water partition coefficient (Wildman–Crippen LogP) is 0.997. The molecular formula is C32H43N7O8S. The van der Waals surface area contributed by atoms with E-state index in [9.17, 15) is 39.2 Å². The summed E-state index contributed by atoms with van der Waals surface area (Å²) in [5.74, 6) is -1.79. The van der Waals surface area contributed by atoms with E-state index < -0.39 is 52.8 Å². The van der Waals surface area contributed by atoms with Crippen LogP contribution in [0.25, 0.3) is 0 Å². The summed E-state index contributed by atoms with van der Waals surface area (Å²) in [5, 5.41) is 34.5. The van der Waals surface area contributed by atoms with Crippen molar-refractivity contribution in [1.29, 1.82) is 0 Å². The van der Waals surface area contributed by atoms with Gasteiger partial charge >= 0.3 is 0 Å². The molecule has 0 radical (unpaired) electrons. The summed E-state index contributed by atoms with van der Waals surface area (Å²) in [4.78, 5) is 75.2. The minimum atomic E-state index is -1.40. The standard InChI is InChI=1S/C32H43N7O8S/c1-20(40)28(38-31(44)26-19-48-17-4-2-3-8-27(41)36-25(13-15-33)30(43)37-26)32(45)35-23-7-5-6-22(18-23)29(42)34-16-14-21-9-11-24(12-10-21)39(46)47/h5-7,9-12,18,20,25-26,28,40H,2-4,8,13-17,19,33H2,1H3,(H,34,42)(H,35,45)(H,36,41)(H,37,43)(H,38,44)/t20-,25?,26?,28+/m1/s1. The molecule has 1 saturated heterocycles. The number of thioether (sulfide) groups is 1. The summed E-state index contributed by atoms with van der Waals surface area (Å²) in [6, 6.07) is 8.74. The zero-order valence-electron chi connectivity index (χ0n) is 26.7. The van der Waals surface area contributed by atoms with Crippen molar-refractivity contribution < 1.29 is 34.0 Å². The van der Waals surface area contributed by atoms with Crippen molar-refractivity contribution in [3.8, 4) is 0 Å². The Balaban J connectivity index is 1.63. The van der Waals surface area contributed by atoms with Crippen molar-refractivity contribution in [1.82, 2.24) is 21.3 Å². The Bertz CT molecular complexity index is 1440. The van der Waals surface area contributed by atoms with Gasteiger partial charge in [0, 0.05) is 42.1 Å². The maximum Gasteiger partial charge on any atom is 0.269 e. The number of carbonyl (C=O) groups excluding carboxylic acids is 5. The first-order valence-electron chi connectivity index (χ1n) is 15.8. The van der Waals surface area contributed by atoms with Gasteiger partial charge in [-0.2, -0.15) is 11.8 Å². The fraction of sp³-hybridized carbons (Fsp3) is 0.469. The van der Waals surface area contributed by atoms with Crippen LogP contribution in [0.15, 0.2) is 48.5 Å². The number of aliphatic hydroxyl groups excluding tert-OH is 1. The Morgan fingerprint density at radius 2 is 1.85 bits per heavy atom. The van der Waals surface area contributed by atoms with Gasteiger partial charge in [-0.3, -0.25) is 34.1 Å². The van der Waals surface area contributed by atoms with Gasteiger partial charge in [-0.1, -0.05) is 24.6 Å². The second-order valence-electron chi connectivity index (χ2n) is 11.4. The number of anilines is 1. The highest BCUT2D eigenvalue weighted by Crippen LogP contribution is 2.15. The van der Waals surface area contributed by atoms with Crippen LogP contribution in [0.5, 0.6) is 0 Å². The number of carbonyl (C=O) groups is 5. The van der Waals surface area contributed by atoms with Crippen molar-refractivity contribution in [3.63, 3.8) is 0 Å². The highest BCUT2D eigenvalue weighted by Gasteiger charge is 2.32. The number of benzene rings is 2. The minimum Gasteiger partial charge on any atom is -0.391 e. The van der Waals surface area contributed by atoms with E-state index in [4.69, 9.17) is 5.73 Å². The van der Waals surface area contributed by atoms with E-state index in [1.807, 2.05) is 0 Å². The number of rotatable bonds is 12. The molecule has 1 aliphatic rings. The van der Waals surface area contributed by atoms with E-state index in [2.05, 4.69) is 26.6 Å². The molecule has 1 fully saturated rings. The van der Waals surface area contributed by atoms with E-state index in [0.29, 0.717) is 18.6 Å². The van der Waals surface area contributed by atoms with Crippen molar-refractivity contribution in [3.05, 3.63) is 69.8 Å². The van der Waals surface area contributed by atoms with E-state index in [1.54, 1.807) is 30.3 Å². The first-order chi connectivity index (χ1) is 23.0. The molecule has 15 nitrogen and oxygen atoms in total. The Morgan fingerprint density at radius 3 is 2.54 bits per heavy atom. The lowest BCUT2D eigenvalue weighted by Crippen LogP contribution is -2.59. The molecule has 260 valence electrons. The molecule has 0 bridgehead atoms. The van der Waals surface area contributed by atoms with Gasteiger partial charge in [0.1, 0.15) is 18.1 Å². The first-order valence-corrected chi connectivity index (χ1v) is 16.9. The smallest absolute Gasteiger partial charge is 0.269 e. The number of nitrogens with zero attached hydrogens (tertiary/aromatic N) is 1. The van der Waals surface area contributed by atoms with Crippen LogP contribution < -0.4 is 32.3 Å². The van der Waals surface area contributed by atoms with Crippen LogP contribution in [-0.2, 0) is 25.6 Å². The average Bonchev–Trinajstić information content (AvgIpc) is 3.06. The van der Waals surface area contributed by atoms with Crippen molar-refractivity contribution in [2.75, 3.05) is 29.9 Å². The van der Waals surface area contributed by atoms with Gasteiger partial charge in [0.2, 0.25) is 23.6 Å². The van der Waals surface area contributed by atoms with Crippen LogP contribution in [0.1, 0.15) is 54.9 Å².